The Labute approximate surface area is 118 Å². The van der Waals surface area contributed by atoms with E-state index in [0.717, 1.165) is 18.9 Å². The zero-order chi connectivity index (χ0) is 14.4. The standard InChI is InChI=1S/C16H29N3/c1-12(2)9-17-10-15-7-8-16(18-11-15)19(6)14(5)13(3)4/h7-8,11-14,17H,9-10H2,1-6H3. The number of anilines is 1. The predicted octanol–water partition coefficient (Wildman–Crippen LogP) is 3.31. The molecule has 1 aromatic heterocycles. The fourth-order valence-electron chi connectivity index (χ4n) is 1.89. The van der Waals surface area contributed by atoms with E-state index in [9.17, 15) is 0 Å². The van der Waals surface area contributed by atoms with E-state index in [1.54, 1.807) is 0 Å². The predicted molar refractivity (Wildman–Crippen MR) is 83.5 cm³/mol. The second kappa shape index (κ2) is 7.49. The molecule has 19 heavy (non-hydrogen) atoms. The van der Waals surface area contributed by atoms with E-state index in [4.69, 9.17) is 0 Å². The summed E-state index contributed by atoms with van der Waals surface area (Å²) in [7, 11) is 2.11. The molecule has 0 aromatic carbocycles. The van der Waals surface area contributed by atoms with Crippen molar-refractivity contribution in [2.24, 2.45) is 11.8 Å². The van der Waals surface area contributed by atoms with Crippen molar-refractivity contribution in [3.63, 3.8) is 0 Å². The van der Waals surface area contributed by atoms with Crippen LogP contribution in [0.3, 0.4) is 0 Å². The first-order valence-corrected chi connectivity index (χ1v) is 7.30. The quantitative estimate of drug-likeness (QED) is 0.818. The highest BCUT2D eigenvalue weighted by Gasteiger charge is 2.14. The lowest BCUT2D eigenvalue weighted by Gasteiger charge is -2.29. The number of hydrogen-bond donors (Lipinski definition) is 1. The number of aromatic nitrogens is 1. The van der Waals surface area contributed by atoms with Crippen LogP contribution in [0.5, 0.6) is 0 Å². The molecule has 0 bridgehead atoms. The maximum atomic E-state index is 4.57. The van der Waals surface area contributed by atoms with E-state index in [-0.39, 0.29) is 0 Å². The Morgan fingerprint density at radius 2 is 1.84 bits per heavy atom. The smallest absolute Gasteiger partial charge is 0.128 e. The molecule has 3 nitrogen and oxygen atoms in total. The molecule has 0 saturated heterocycles. The van der Waals surface area contributed by atoms with Crippen molar-refractivity contribution in [1.82, 2.24) is 10.3 Å². The first-order valence-electron chi connectivity index (χ1n) is 7.30. The van der Waals surface area contributed by atoms with E-state index in [2.05, 4.69) is 69.0 Å². The summed E-state index contributed by atoms with van der Waals surface area (Å²) in [6, 6.07) is 4.78. The van der Waals surface area contributed by atoms with Crippen LogP contribution in [0, 0.1) is 11.8 Å². The van der Waals surface area contributed by atoms with Crippen LogP contribution in [0.2, 0.25) is 0 Å². The molecule has 108 valence electrons. The summed E-state index contributed by atoms with van der Waals surface area (Å²) in [6.07, 6.45) is 1.98. The Hall–Kier alpha value is -1.09. The molecular formula is C16H29N3. The minimum atomic E-state index is 0.498. The van der Waals surface area contributed by atoms with Gasteiger partial charge in [-0.3, -0.25) is 0 Å². The van der Waals surface area contributed by atoms with Gasteiger partial charge in [0.1, 0.15) is 5.82 Å². The highest BCUT2D eigenvalue weighted by atomic mass is 15.2. The highest BCUT2D eigenvalue weighted by molar-refractivity contribution is 5.39. The summed E-state index contributed by atoms with van der Waals surface area (Å²) in [5.74, 6) is 2.36. The van der Waals surface area contributed by atoms with Gasteiger partial charge in [-0.1, -0.05) is 33.8 Å². The molecule has 0 amide bonds. The summed E-state index contributed by atoms with van der Waals surface area (Å²) in [5.41, 5.74) is 1.25. The normalized spacial score (nSPS) is 13.1. The molecule has 3 heteroatoms. The zero-order valence-corrected chi connectivity index (χ0v) is 13.3. The molecule has 1 unspecified atom stereocenters. The largest absolute Gasteiger partial charge is 0.357 e. The molecule has 0 spiro atoms. The van der Waals surface area contributed by atoms with Gasteiger partial charge in [-0.2, -0.15) is 0 Å². The number of nitrogens with zero attached hydrogens (tertiary/aromatic N) is 2. The van der Waals surface area contributed by atoms with Gasteiger partial charge in [0, 0.05) is 25.8 Å². The molecule has 1 aromatic rings. The molecular weight excluding hydrogens is 234 g/mol. The van der Waals surface area contributed by atoms with Gasteiger partial charge in [-0.05, 0) is 36.9 Å². The third kappa shape index (κ3) is 5.19. The summed E-state index contributed by atoms with van der Waals surface area (Å²) < 4.78 is 0. The van der Waals surface area contributed by atoms with E-state index in [0.29, 0.717) is 17.9 Å². The SMILES string of the molecule is CC(C)CNCc1ccc(N(C)C(C)C(C)C)nc1. The van der Waals surface area contributed by atoms with Crippen molar-refractivity contribution in [1.29, 1.82) is 0 Å². The third-order valence-electron chi connectivity index (χ3n) is 3.63. The Morgan fingerprint density at radius 3 is 2.32 bits per heavy atom. The molecule has 1 rings (SSSR count). The van der Waals surface area contributed by atoms with Crippen LogP contribution in [0.1, 0.15) is 40.2 Å². The Bertz CT molecular complexity index is 357. The van der Waals surface area contributed by atoms with Gasteiger partial charge in [0.05, 0.1) is 0 Å². The number of nitrogens with one attached hydrogen (secondary N) is 1. The van der Waals surface area contributed by atoms with Crippen LogP contribution < -0.4 is 10.2 Å². The average Bonchev–Trinajstić information content (AvgIpc) is 2.37. The van der Waals surface area contributed by atoms with Crippen molar-refractivity contribution in [2.45, 2.75) is 47.2 Å². The van der Waals surface area contributed by atoms with Crippen LogP contribution in [-0.4, -0.2) is 24.6 Å². The van der Waals surface area contributed by atoms with E-state index in [1.165, 1.54) is 5.56 Å². The minimum absolute atomic E-state index is 0.498. The molecule has 0 aliphatic carbocycles. The van der Waals surface area contributed by atoms with Gasteiger partial charge in [-0.15, -0.1) is 0 Å². The van der Waals surface area contributed by atoms with Crippen molar-refractivity contribution in [2.75, 3.05) is 18.5 Å². The summed E-state index contributed by atoms with van der Waals surface area (Å²) >= 11 is 0. The maximum Gasteiger partial charge on any atom is 0.128 e. The fourth-order valence-corrected chi connectivity index (χ4v) is 1.89. The second-order valence-corrected chi connectivity index (χ2v) is 6.14. The van der Waals surface area contributed by atoms with Gasteiger partial charge < -0.3 is 10.2 Å². The van der Waals surface area contributed by atoms with Crippen molar-refractivity contribution in [3.8, 4) is 0 Å². The molecule has 1 N–H and O–H groups in total. The summed E-state index contributed by atoms with van der Waals surface area (Å²) in [6.45, 7) is 13.1. The zero-order valence-electron chi connectivity index (χ0n) is 13.3. The summed E-state index contributed by atoms with van der Waals surface area (Å²) in [5, 5.41) is 3.44. The lowest BCUT2D eigenvalue weighted by atomic mass is 10.1. The van der Waals surface area contributed by atoms with E-state index >= 15 is 0 Å². The van der Waals surface area contributed by atoms with Crippen LogP contribution in [0.15, 0.2) is 18.3 Å². The monoisotopic (exact) mass is 263 g/mol. The topological polar surface area (TPSA) is 28.2 Å². The molecule has 0 aliphatic heterocycles. The van der Waals surface area contributed by atoms with Crippen molar-refractivity contribution >= 4 is 5.82 Å². The fraction of sp³-hybridized carbons (Fsp3) is 0.688. The van der Waals surface area contributed by atoms with Crippen LogP contribution in [-0.2, 0) is 6.54 Å². The van der Waals surface area contributed by atoms with Gasteiger partial charge in [0.15, 0.2) is 0 Å². The molecule has 0 aliphatic rings. The number of pyridine rings is 1. The summed E-state index contributed by atoms with van der Waals surface area (Å²) in [4.78, 5) is 6.81. The lowest BCUT2D eigenvalue weighted by Crippen LogP contribution is -2.33. The Morgan fingerprint density at radius 1 is 1.16 bits per heavy atom. The van der Waals surface area contributed by atoms with Crippen molar-refractivity contribution in [3.05, 3.63) is 23.9 Å². The van der Waals surface area contributed by atoms with Crippen LogP contribution >= 0.6 is 0 Å². The third-order valence-corrected chi connectivity index (χ3v) is 3.63. The average molecular weight is 263 g/mol. The Kier molecular flexibility index (Phi) is 6.29. The Balaban J connectivity index is 2.56. The first kappa shape index (κ1) is 16.0. The minimum Gasteiger partial charge on any atom is -0.357 e. The van der Waals surface area contributed by atoms with Crippen LogP contribution in [0.25, 0.3) is 0 Å². The van der Waals surface area contributed by atoms with Crippen molar-refractivity contribution < 1.29 is 0 Å². The van der Waals surface area contributed by atoms with Gasteiger partial charge in [0.25, 0.3) is 0 Å². The lowest BCUT2D eigenvalue weighted by molar-refractivity contribution is 0.502. The molecule has 1 atom stereocenters. The molecule has 1 heterocycles. The van der Waals surface area contributed by atoms with Gasteiger partial charge in [0.2, 0.25) is 0 Å². The molecule has 0 saturated carbocycles. The molecule has 0 fully saturated rings. The van der Waals surface area contributed by atoms with Gasteiger partial charge in [-0.25, -0.2) is 4.98 Å². The highest BCUT2D eigenvalue weighted by Crippen LogP contribution is 2.16. The van der Waals surface area contributed by atoms with E-state index < -0.39 is 0 Å². The number of hydrogen-bond acceptors (Lipinski definition) is 3. The van der Waals surface area contributed by atoms with Gasteiger partial charge >= 0.3 is 0 Å². The number of rotatable bonds is 7. The maximum absolute atomic E-state index is 4.57. The van der Waals surface area contributed by atoms with Crippen LogP contribution in [0.4, 0.5) is 5.82 Å². The first-order chi connectivity index (χ1) is 8.91. The molecule has 0 radical (unpaired) electrons. The van der Waals surface area contributed by atoms with E-state index in [1.807, 2.05) is 6.20 Å². The second-order valence-electron chi connectivity index (χ2n) is 6.14.